The second-order valence-corrected chi connectivity index (χ2v) is 10.5. The summed E-state index contributed by atoms with van der Waals surface area (Å²) in [5.41, 5.74) is -0.568. The third-order valence-electron chi connectivity index (χ3n) is 4.50. The summed E-state index contributed by atoms with van der Waals surface area (Å²) in [4.78, 5) is 35.9. The monoisotopic (exact) mass is 434 g/mol. The molecule has 8 nitrogen and oxygen atoms in total. The van der Waals surface area contributed by atoms with E-state index in [1.54, 1.807) is 41.5 Å². The van der Waals surface area contributed by atoms with Crippen molar-refractivity contribution in [2.75, 3.05) is 6.54 Å². The molecule has 0 radical (unpaired) electrons. The molecule has 3 amide bonds. The first kappa shape index (κ1) is 23.7. The Hall–Kier alpha value is -2.55. The van der Waals surface area contributed by atoms with Gasteiger partial charge in [0.05, 0.1) is 0 Å². The Labute approximate surface area is 181 Å². The van der Waals surface area contributed by atoms with Gasteiger partial charge in [-0.25, -0.2) is 9.80 Å². The molecule has 0 bridgehead atoms. The van der Waals surface area contributed by atoms with Crippen molar-refractivity contribution in [3.05, 3.63) is 35.9 Å². The van der Waals surface area contributed by atoms with Gasteiger partial charge < -0.3 is 15.7 Å². The number of hydrogen-bond donors (Lipinski definition) is 3. The third kappa shape index (κ3) is 5.33. The van der Waals surface area contributed by atoms with Crippen LogP contribution in [0.2, 0.25) is 0 Å². The highest BCUT2D eigenvalue weighted by molar-refractivity contribution is 8.14. The normalized spacial score (nSPS) is 19.3. The van der Waals surface area contributed by atoms with Gasteiger partial charge in [0, 0.05) is 23.8 Å². The molecule has 30 heavy (non-hydrogen) atoms. The summed E-state index contributed by atoms with van der Waals surface area (Å²) < 4.78 is 0. The molecule has 0 saturated carbocycles. The standard InChI is InChI=1S/C21H30N4O4S/c1-19(2,3)15(26)23-17-24-25(16(27)20(4,5)6)21(30-17,12-13-22-18(28)29)14-10-8-7-9-11-14/h7-11,22H,12-13H2,1-6H3,(H,28,29)(H,23,24,26). The van der Waals surface area contributed by atoms with E-state index in [4.69, 9.17) is 5.11 Å². The van der Waals surface area contributed by atoms with Crippen LogP contribution in [-0.4, -0.2) is 39.7 Å². The highest BCUT2D eigenvalue weighted by Gasteiger charge is 2.51. The molecular weight excluding hydrogens is 404 g/mol. The van der Waals surface area contributed by atoms with E-state index < -0.39 is 21.8 Å². The zero-order valence-electron chi connectivity index (χ0n) is 18.3. The topological polar surface area (TPSA) is 111 Å². The lowest BCUT2D eigenvalue weighted by atomic mass is 9.93. The van der Waals surface area contributed by atoms with Crippen LogP contribution in [0.15, 0.2) is 35.4 Å². The van der Waals surface area contributed by atoms with Crippen LogP contribution in [0.25, 0.3) is 0 Å². The number of nitrogens with zero attached hydrogens (tertiary/aromatic N) is 2. The van der Waals surface area contributed by atoms with E-state index in [-0.39, 0.29) is 24.8 Å². The van der Waals surface area contributed by atoms with Crippen LogP contribution in [0.1, 0.15) is 53.5 Å². The Kier molecular flexibility index (Phi) is 6.86. The predicted octanol–water partition coefficient (Wildman–Crippen LogP) is 3.55. The minimum Gasteiger partial charge on any atom is -0.465 e. The van der Waals surface area contributed by atoms with E-state index in [1.807, 2.05) is 30.3 Å². The number of nitrogens with one attached hydrogen (secondary N) is 2. The lowest BCUT2D eigenvalue weighted by Crippen LogP contribution is -2.47. The molecule has 1 heterocycles. The fourth-order valence-corrected chi connectivity index (χ4v) is 4.03. The molecule has 1 aliphatic heterocycles. The average Bonchev–Trinajstić information content (AvgIpc) is 2.99. The minimum atomic E-state index is -1.14. The fourth-order valence-electron chi connectivity index (χ4n) is 2.78. The van der Waals surface area contributed by atoms with Crippen molar-refractivity contribution in [1.29, 1.82) is 0 Å². The number of benzene rings is 1. The van der Waals surface area contributed by atoms with Gasteiger partial charge in [-0.2, -0.15) is 0 Å². The molecule has 1 aliphatic rings. The largest absolute Gasteiger partial charge is 0.465 e. The van der Waals surface area contributed by atoms with E-state index in [9.17, 15) is 14.4 Å². The Morgan fingerprint density at radius 1 is 1.07 bits per heavy atom. The summed E-state index contributed by atoms with van der Waals surface area (Å²) in [7, 11) is 0. The van der Waals surface area contributed by atoms with Gasteiger partial charge in [0.2, 0.25) is 11.8 Å². The molecule has 0 fully saturated rings. The molecule has 0 aliphatic carbocycles. The summed E-state index contributed by atoms with van der Waals surface area (Å²) in [6.07, 6.45) is -0.870. The van der Waals surface area contributed by atoms with E-state index in [0.29, 0.717) is 5.17 Å². The third-order valence-corrected chi connectivity index (χ3v) is 5.83. The maximum absolute atomic E-state index is 13.3. The van der Waals surface area contributed by atoms with Crippen LogP contribution in [0, 0.1) is 10.8 Å². The number of amidine groups is 1. The van der Waals surface area contributed by atoms with Gasteiger partial charge in [0.1, 0.15) is 4.87 Å². The lowest BCUT2D eigenvalue weighted by molar-refractivity contribution is -0.143. The van der Waals surface area contributed by atoms with Crippen LogP contribution in [-0.2, 0) is 14.5 Å². The zero-order chi connectivity index (χ0) is 22.7. The molecule has 1 atom stereocenters. The minimum absolute atomic E-state index is 0.112. The van der Waals surface area contributed by atoms with Crippen LogP contribution in [0.5, 0.6) is 0 Å². The molecule has 0 saturated heterocycles. The van der Waals surface area contributed by atoms with Crippen molar-refractivity contribution in [2.45, 2.75) is 52.8 Å². The second-order valence-electron chi connectivity index (χ2n) is 9.21. The van der Waals surface area contributed by atoms with Gasteiger partial charge in [-0.05, 0) is 5.56 Å². The van der Waals surface area contributed by atoms with Crippen LogP contribution in [0.4, 0.5) is 4.79 Å². The predicted molar refractivity (Wildman–Crippen MR) is 118 cm³/mol. The lowest BCUT2D eigenvalue weighted by Gasteiger charge is -2.38. The Morgan fingerprint density at radius 3 is 2.17 bits per heavy atom. The molecule has 0 aromatic heterocycles. The van der Waals surface area contributed by atoms with Crippen LogP contribution in [0.3, 0.4) is 0 Å². The van der Waals surface area contributed by atoms with Gasteiger partial charge in [0.25, 0.3) is 0 Å². The summed E-state index contributed by atoms with van der Waals surface area (Å²) in [6.45, 7) is 10.9. The highest BCUT2D eigenvalue weighted by Crippen LogP contribution is 2.49. The second kappa shape index (κ2) is 8.67. The van der Waals surface area contributed by atoms with Gasteiger partial charge >= 0.3 is 6.09 Å². The summed E-state index contributed by atoms with van der Waals surface area (Å²) in [6, 6.07) is 9.33. The average molecular weight is 435 g/mol. The van der Waals surface area contributed by atoms with Gasteiger partial charge in [0.15, 0.2) is 5.17 Å². The van der Waals surface area contributed by atoms with E-state index >= 15 is 0 Å². The molecule has 1 unspecified atom stereocenters. The number of carbonyl (C=O) groups is 3. The van der Waals surface area contributed by atoms with E-state index in [2.05, 4.69) is 15.7 Å². The number of amides is 3. The Bertz CT molecular complexity index is 843. The molecule has 2 rings (SSSR count). The highest BCUT2D eigenvalue weighted by atomic mass is 32.2. The smallest absolute Gasteiger partial charge is 0.404 e. The SMILES string of the molecule is CC(C)(C)C(=O)NC1=NN(C(=O)C(C)(C)C)C(CCNC(=O)O)(c2ccccc2)S1. The summed E-state index contributed by atoms with van der Waals surface area (Å²) >= 11 is 1.25. The summed E-state index contributed by atoms with van der Waals surface area (Å²) in [5, 5.41) is 20.4. The first-order chi connectivity index (χ1) is 13.8. The van der Waals surface area contributed by atoms with Gasteiger partial charge in [-0.1, -0.05) is 83.6 Å². The van der Waals surface area contributed by atoms with E-state index in [0.717, 1.165) is 5.56 Å². The van der Waals surface area contributed by atoms with Crippen molar-refractivity contribution in [3.8, 4) is 0 Å². The number of hydrazone groups is 1. The molecule has 164 valence electrons. The molecular formula is C21H30N4O4S. The molecule has 0 spiro atoms. The van der Waals surface area contributed by atoms with E-state index in [1.165, 1.54) is 16.8 Å². The molecule has 9 heteroatoms. The van der Waals surface area contributed by atoms with Crippen molar-refractivity contribution < 1.29 is 19.5 Å². The van der Waals surface area contributed by atoms with Crippen molar-refractivity contribution in [2.24, 2.45) is 15.9 Å². The van der Waals surface area contributed by atoms with Crippen LogP contribution >= 0.6 is 11.8 Å². The Balaban J connectivity index is 2.51. The fraction of sp³-hybridized carbons (Fsp3) is 0.524. The van der Waals surface area contributed by atoms with Crippen molar-refractivity contribution in [3.63, 3.8) is 0 Å². The summed E-state index contributed by atoms with van der Waals surface area (Å²) in [5.74, 6) is -0.446. The van der Waals surface area contributed by atoms with Crippen LogP contribution < -0.4 is 10.6 Å². The number of rotatable bonds is 4. The first-order valence-electron chi connectivity index (χ1n) is 9.73. The van der Waals surface area contributed by atoms with Gasteiger partial charge in [-0.3, -0.25) is 9.59 Å². The maximum Gasteiger partial charge on any atom is 0.404 e. The quantitative estimate of drug-likeness (QED) is 0.671. The zero-order valence-corrected chi connectivity index (χ0v) is 19.1. The number of hydrogen-bond acceptors (Lipinski definition) is 5. The maximum atomic E-state index is 13.3. The first-order valence-corrected chi connectivity index (χ1v) is 10.5. The number of carboxylic acid groups (broad SMARTS) is 1. The number of carbonyl (C=O) groups excluding carboxylic acids is 2. The van der Waals surface area contributed by atoms with Gasteiger partial charge in [-0.15, -0.1) is 5.10 Å². The molecule has 1 aromatic carbocycles. The Morgan fingerprint density at radius 2 is 1.67 bits per heavy atom. The number of thioether (sulfide) groups is 1. The van der Waals surface area contributed by atoms with Crippen molar-refractivity contribution in [1.82, 2.24) is 15.6 Å². The van der Waals surface area contributed by atoms with Crippen molar-refractivity contribution >= 4 is 34.8 Å². The molecule has 1 aromatic rings. The molecule has 3 N–H and O–H groups in total.